The summed E-state index contributed by atoms with van der Waals surface area (Å²) in [4.78, 5) is 38.5. The van der Waals surface area contributed by atoms with Crippen LogP contribution in [-0.2, 0) is 16.8 Å². The Bertz CT molecular complexity index is 965. The molecule has 152 valence electrons. The van der Waals surface area contributed by atoms with Gasteiger partial charge in [-0.25, -0.2) is 9.98 Å². The van der Waals surface area contributed by atoms with E-state index >= 15 is 0 Å². The number of amides is 1. The van der Waals surface area contributed by atoms with Crippen LogP contribution in [0.25, 0.3) is 0 Å². The van der Waals surface area contributed by atoms with Gasteiger partial charge in [0, 0.05) is 19.7 Å². The zero-order valence-corrected chi connectivity index (χ0v) is 15.8. The smallest absolute Gasteiger partial charge is 0.387 e. The Morgan fingerprint density at radius 1 is 1.34 bits per heavy atom. The largest absolute Gasteiger partial charge is 0.433 e. The second-order valence-corrected chi connectivity index (χ2v) is 6.78. The minimum Gasteiger partial charge on any atom is -0.433 e. The predicted molar refractivity (Wildman–Crippen MR) is 99.5 cm³/mol. The Labute approximate surface area is 165 Å². The number of carbonyl (C=O) groups excluding carboxylic acids is 2. The Morgan fingerprint density at radius 2 is 2.10 bits per heavy atom. The van der Waals surface area contributed by atoms with Gasteiger partial charge in [0.2, 0.25) is 5.91 Å². The van der Waals surface area contributed by atoms with Crippen LogP contribution >= 0.6 is 0 Å². The zero-order chi connectivity index (χ0) is 21.2. The van der Waals surface area contributed by atoms with Crippen molar-refractivity contribution >= 4 is 17.6 Å². The molecule has 0 bridgehead atoms. The molecular weight excluding hydrogens is 384 g/mol. The lowest BCUT2D eigenvalue weighted by atomic mass is 9.90. The number of nitrogens with zero attached hydrogens (tertiary/aromatic N) is 4. The number of pyridine rings is 2. The van der Waals surface area contributed by atoms with Crippen molar-refractivity contribution in [1.82, 2.24) is 14.9 Å². The van der Waals surface area contributed by atoms with E-state index in [0.29, 0.717) is 11.3 Å². The summed E-state index contributed by atoms with van der Waals surface area (Å²) in [5.41, 5.74) is 6.18. The lowest BCUT2D eigenvalue weighted by Crippen LogP contribution is -2.47. The van der Waals surface area contributed by atoms with Gasteiger partial charge in [-0.1, -0.05) is 0 Å². The predicted octanol–water partition coefficient (Wildman–Crippen LogP) is 1.90. The molecule has 0 spiro atoms. The Kier molecular flexibility index (Phi) is 5.53. The van der Waals surface area contributed by atoms with Crippen LogP contribution < -0.4 is 10.5 Å². The van der Waals surface area contributed by atoms with Crippen molar-refractivity contribution in [3.8, 4) is 5.75 Å². The highest BCUT2D eigenvalue weighted by molar-refractivity contribution is 5.98. The first-order valence-electron chi connectivity index (χ1n) is 8.69. The molecule has 0 aliphatic carbocycles. The molecule has 1 atom stereocenters. The summed E-state index contributed by atoms with van der Waals surface area (Å²) in [5, 5.41) is 0. The number of halogens is 2. The second-order valence-electron chi connectivity index (χ2n) is 6.78. The molecule has 2 aromatic rings. The van der Waals surface area contributed by atoms with Crippen molar-refractivity contribution in [3.63, 3.8) is 0 Å². The van der Waals surface area contributed by atoms with Crippen LogP contribution in [0.1, 0.15) is 35.1 Å². The average molecular weight is 403 g/mol. The van der Waals surface area contributed by atoms with Crippen molar-refractivity contribution in [3.05, 3.63) is 53.6 Å². The van der Waals surface area contributed by atoms with E-state index in [2.05, 4.69) is 19.7 Å². The molecule has 2 N–H and O–H groups in total. The highest BCUT2D eigenvalue weighted by Gasteiger charge is 2.37. The Balaban J connectivity index is 1.78. The molecule has 3 rings (SSSR count). The molecule has 0 fully saturated rings. The molecule has 1 amide bonds. The summed E-state index contributed by atoms with van der Waals surface area (Å²) in [6.07, 6.45) is 2.72. The third-order valence-electron chi connectivity index (χ3n) is 4.56. The van der Waals surface area contributed by atoms with E-state index in [0.717, 1.165) is 6.20 Å². The fraction of sp³-hybridized carbons (Fsp3) is 0.316. The standard InChI is InChI=1S/C19H19F2N5O3/c1-19(9-16(28)26(2)18(22)25-19)15-8-11(5-6-23-15)7-14(27)13-4-3-12(10-24-13)29-17(20)21/h3-6,8,10,17H,7,9H2,1-2H3,(H2,22,25). The maximum atomic E-state index is 12.5. The molecule has 0 saturated heterocycles. The average Bonchev–Trinajstić information content (AvgIpc) is 2.66. The van der Waals surface area contributed by atoms with Crippen molar-refractivity contribution in [2.75, 3.05) is 7.05 Å². The molecule has 1 aliphatic heterocycles. The van der Waals surface area contributed by atoms with Crippen LogP contribution in [0.15, 0.2) is 41.7 Å². The maximum Gasteiger partial charge on any atom is 0.387 e. The van der Waals surface area contributed by atoms with E-state index < -0.39 is 12.2 Å². The molecule has 0 saturated carbocycles. The first kappa shape index (κ1) is 20.3. The van der Waals surface area contributed by atoms with Crippen molar-refractivity contribution in [1.29, 1.82) is 0 Å². The number of hydrogen-bond acceptors (Lipinski definition) is 7. The van der Waals surface area contributed by atoms with Gasteiger partial charge in [0.1, 0.15) is 17.0 Å². The molecule has 2 aromatic heterocycles. The number of carbonyl (C=O) groups is 2. The van der Waals surface area contributed by atoms with E-state index in [-0.39, 0.29) is 41.9 Å². The summed E-state index contributed by atoms with van der Waals surface area (Å²) in [6.45, 7) is -1.21. The number of aromatic nitrogens is 2. The van der Waals surface area contributed by atoms with Crippen LogP contribution in [0.4, 0.5) is 8.78 Å². The Morgan fingerprint density at radius 3 is 2.72 bits per heavy atom. The highest BCUT2D eigenvalue weighted by atomic mass is 19.3. The number of ether oxygens (including phenoxy) is 1. The number of rotatable bonds is 6. The molecule has 0 aromatic carbocycles. The highest BCUT2D eigenvalue weighted by Crippen LogP contribution is 2.32. The maximum absolute atomic E-state index is 12.5. The number of nitrogens with two attached hydrogens (primary N) is 1. The zero-order valence-electron chi connectivity index (χ0n) is 15.8. The fourth-order valence-corrected chi connectivity index (χ4v) is 2.93. The van der Waals surface area contributed by atoms with Crippen molar-refractivity contribution < 1.29 is 23.1 Å². The van der Waals surface area contributed by atoms with Gasteiger partial charge in [0.15, 0.2) is 11.7 Å². The molecule has 8 nitrogen and oxygen atoms in total. The van der Waals surface area contributed by atoms with Gasteiger partial charge >= 0.3 is 6.61 Å². The summed E-state index contributed by atoms with van der Waals surface area (Å²) >= 11 is 0. The lowest BCUT2D eigenvalue weighted by Gasteiger charge is -2.32. The molecule has 1 aliphatic rings. The van der Waals surface area contributed by atoms with E-state index in [1.165, 1.54) is 23.2 Å². The third-order valence-corrected chi connectivity index (χ3v) is 4.56. The lowest BCUT2D eigenvalue weighted by molar-refractivity contribution is -0.128. The van der Waals surface area contributed by atoms with Crippen LogP contribution in [0, 0.1) is 0 Å². The SMILES string of the molecule is CN1C(=O)CC(C)(c2cc(CC(=O)c3ccc(OC(F)F)cn3)ccn2)N=C1N. The van der Waals surface area contributed by atoms with Gasteiger partial charge in [-0.2, -0.15) is 8.78 Å². The molecular formula is C19H19F2N5O3. The number of alkyl halides is 2. The van der Waals surface area contributed by atoms with Gasteiger partial charge in [-0.15, -0.1) is 0 Å². The molecule has 10 heteroatoms. The summed E-state index contributed by atoms with van der Waals surface area (Å²) in [7, 11) is 1.55. The van der Waals surface area contributed by atoms with Crippen LogP contribution in [0.5, 0.6) is 5.75 Å². The van der Waals surface area contributed by atoms with E-state index in [1.54, 1.807) is 26.1 Å². The number of Topliss-reactive ketones (excluding diaryl/α,β-unsaturated/α-hetero) is 1. The first-order valence-corrected chi connectivity index (χ1v) is 8.69. The number of guanidine groups is 1. The van der Waals surface area contributed by atoms with Crippen molar-refractivity contribution in [2.45, 2.75) is 31.9 Å². The monoisotopic (exact) mass is 403 g/mol. The van der Waals surface area contributed by atoms with E-state index in [4.69, 9.17) is 5.73 Å². The minimum absolute atomic E-state index is 0.0146. The second kappa shape index (κ2) is 7.90. The van der Waals surface area contributed by atoms with Crippen LogP contribution in [-0.4, -0.2) is 46.2 Å². The summed E-state index contributed by atoms with van der Waals surface area (Å²) in [5.74, 6) is -0.516. The van der Waals surface area contributed by atoms with Gasteiger partial charge in [-0.3, -0.25) is 19.5 Å². The van der Waals surface area contributed by atoms with Crippen molar-refractivity contribution in [2.24, 2.45) is 10.7 Å². The first-order chi connectivity index (χ1) is 13.7. The van der Waals surface area contributed by atoms with Gasteiger partial charge in [0.05, 0.1) is 18.3 Å². The van der Waals surface area contributed by atoms with E-state index in [9.17, 15) is 18.4 Å². The van der Waals surface area contributed by atoms with Crippen LogP contribution in [0.2, 0.25) is 0 Å². The summed E-state index contributed by atoms with van der Waals surface area (Å²) in [6, 6.07) is 5.95. The number of hydrogen-bond donors (Lipinski definition) is 1. The summed E-state index contributed by atoms with van der Waals surface area (Å²) < 4.78 is 28.6. The van der Waals surface area contributed by atoms with Gasteiger partial charge in [-0.05, 0) is 36.8 Å². The number of ketones is 1. The fourth-order valence-electron chi connectivity index (χ4n) is 2.93. The Hall–Kier alpha value is -3.43. The van der Waals surface area contributed by atoms with Gasteiger partial charge < -0.3 is 10.5 Å². The molecule has 1 unspecified atom stereocenters. The van der Waals surface area contributed by atoms with E-state index in [1.807, 2.05) is 0 Å². The molecule has 29 heavy (non-hydrogen) atoms. The quantitative estimate of drug-likeness (QED) is 0.738. The van der Waals surface area contributed by atoms with Crippen LogP contribution in [0.3, 0.4) is 0 Å². The van der Waals surface area contributed by atoms with Gasteiger partial charge in [0.25, 0.3) is 0 Å². The molecule has 3 heterocycles. The third kappa shape index (κ3) is 4.53. The minimum atomic E-state index is -2.96. The topological polar surface area (TPSA) is 111 Å². The number of aliphatic imine (C=N–C) groups is 1. The normalized spacial score (nSPS) is 19.3. The molecule has 0 radical (unpaired) electrons.